The summed E-state index contributed by atoms with van der Waals surface area (Å²) in [6.45, 7) is 0. The maximum absolute atomic E-state index is 11.4. The van der Waals surface area contributed by atoms with Crippen molar-refractivity contribution in [1.29, 1.82) is 0 Å². The van der Waals surface area contributed by atoms with Gasteiger partial charge in [0.25, 0.3) is 0 Å². The molecule has 0 aliphatic carbocycles. The van der Waals surface area contributed by atoms with Gasteiger partial charge < -0.3 is 10.1 Å². The Bertz CT molecular complexity index is 337. The summed E-state index contributed by atoms with van der Waals surface area (Å²) in [5, 5.41) is 2.98. The Labute approximate surface area is 117 Å². The Hall–Kier alpha value is -0.200. The molecule has 0 heterocycles. The Morgan fingerprint density at radius 2 is 2.06 bits per heavy atom. The average molecular weight is 369 g/mol. The molecule has 16 heavy (non-hydrogen) atoms. The second-order valence-electron chi connectivity index (χ2n) is 2.96. The van der Waals surface area contributed by atoms with Gasteiger partial charge in [0, 0.05) is 5.33 Å². The number of benzene rings is 1. The zero-order chi connectivity index (χ0) is 12.0. The summed E-state index contributed by atoms with van der Waals surface area (Å²) in [5.41, 5.74) is 0. The van der Waals surface area contributed by atoms with Gasteiger partial charge in [-0.05, 0) is 12.1 Å². The lowest BCUT2D eigenvalue weighted by molar-refractivity contribution is 0.199. The van der Waals surface area contributed by atoms with Crippen LogP contribution in [0.5, 0.6) is 5.75 Å². The third-order valence-corrected chi connectivity index (χ3v) is 5.03. The minimum atomic E-state index is -0.517. The fourth-order valence-electron chi connectivity index (χ4n) is 0.921. The molecule has 0 aromatic heterocycles. The highest BCUT2D eigenvalue weighted by Crippen LogP contribution is 2.13. The smallest absolute Gasteiger partial charge is 0.410 e. The van der Waals surface area contributed by atoms with Gasteiger partial charge >= 0.3 is 6.09 Å². The summed E-state index contributed by atoms with van der Waals surface area (Å²) in [4.78, 5) is 11.5. The first-order valence-corrected chi connectivity index (χ1v) is 7.10. The van der Waals surface area contributed by atoms with Crippen LogP contribution in [0.4, 0.5) is 4.79 Å². The summed E-state index contributed by atoms with van der Waals surface area (Å²) >= 11 is 10.9. The van der Waals surface area contributed by atoms with Crippen LogP contribution >= 0.6 is 44.5 Å². The highest BCUT2D eigenvalue weighted by atomic mass is 79.9. The zero-order valence-corrected chi connectivity index (χ0v) is 12.3. The van der Waals surface area contributed by atoms with E-state index in [1.54, 1.807) is 24.3 Å². The molecule has 1 rings (SSSR count). The standard InChI is InChI=1S/C10H11Br2NO2S/c11-6-8(12)9(16)13-10(14)15-7-4-2-1-3-5-7/h1-5,8-9,16H,6H2,(H,13,14). The monoisotopic (exact) mass is 367 g/mol. The lowest BCUT2D eigenvalue weighted by Crippen LogP contribution is -2.39. The quantitative estimate of drug-likeness (QED) is 0.486. The zero-order valence-electron chi connectivity index (χ0n) is 8.27. The number of carbonyl (C=O) groups excluding carboxylic acids is 1. The maximum atomic E-state index is 11.4. The van der Waals surface area contributed by atoms with Crippen molar-refractivity contribution in [3.05, 3.63) is 30.3 Å². The molecule has 0 spiro atoms. The first kappa shape index (κ1) is 13.9. The molecular weight excluding hydrogens is 358 g/mol. The van der Waals surface area contributed by atoms with Crippen molar-refractivity contribution >= 4 is 50.6 Å². The second kappa shape index (κ2) is 7.19. The number of nitrogens with one attached hydrogen (secondary N) is 1. The lowest BCUT2D eigenvalue weighted by Gasteiger charge is -2.16. The molecule has 88 valence electrons. The Kier molecular flexibility index (Phi) is 6.23. The third-order valence-electron chi connectivity index (χ3n) is 1.71. The summed E-state index contributed by atoms with van der Waals surface area (Å²) in [6.07, 6.45) is -0.517. The molecule has 1 amide bonds. The summed E-state index contributed by atoms with van der Waals surface area (Å²) in [7, 11) is 0. The number of hydrogen-bond donors (Lipinski definition) is 2. The molecule has 2 atom stereocenters. The minimum Gasteiger partial charge on any atom is -0.410 e. The van der Waals surface area contributed by atoms with Crippen LogP contribution in [0.2, 0.25) is 0 Å². The molecule has 0 saturated carbocycles. The summed E-state index contributed by atoms with van der Waals surface area (Å²) < 4.78 is 5.04. The molecule has 2 unspecified atom stereocenters. The van der Waals surface area contributed by atoms with Crippen LogP contribution in [-0.2, 0) is 0 Å². The van der Waals surface area contributed by atoms with Gasteiger partial charge in [0.2, 0.25) is 0 Å². The molecule has 0 aliphatic heterocycles. The van der Waals surface area contributed by atoms with E-state index >= 15 is 0 Å². The van der Waals surface area contributed by atoms with Crippen LogP contribution < -0.4 is 10.1 Å². The molecule has 1 aromatic rings. The van der Waals surface area contributed by atoms with E-state index < -0.39 is 6.09 Å². The van der Waals surface area contributed by atoms with Crippen molar-refractivity contribution in [3.8, 4) is 5.75 Å². The molecule has 0 aliphatic rings. The van der Waals surface area contributed by atoms with Crippen LogP contribution in [0.15, 0.2) is 30.3 Å². The molecule has 3 nitrogen and oxygen atoms in total. The minimum absolute atomic E-state index is 0.0409. The predicted molar refractivity (Wildman–Crippen MR) is 74.9 cm³/mol. The first-order valence-electron chi connectivity index (χ1n) is 4.55. The van der Waals surface area contributed by atoms with Crippen molar-refractivity contribution in [1.82, 2.24) is 5.32 Å². The van der Waals surface area contributed by atoms with Gasteiger partial charge in [-0.15, -0.1) is 0 Å². The molecule has 1 aromatic carbocycles. The number of alkyl halides is 2. The first-order chi connectivity index (χ1) is 7.63. The van der Waals surface area contributed by atoms with Gasteiger partial charge in [0.15, 0.2) is 0 Å². The third kappa shape index (κ3) is 4.76. The van der Waals surface area contributed by atoms with Gasteiger partial charge in [-0.3, -0.25) is 0 Å². The number of hydrogen-bond acceptors (Lipinski definition) is 3. The van der Waals surface area contributed by atoms with E-state index in [0.29, 0.717) is 11.1 Å². The molecule has 0 radical (unpaired) electrons. The van der Waals surface area contributed by atoms with Gasteiger partial charge in [-0.2, -0.15) is 12.6 Å². The van der Waals surface area contributed by atoms with Crippen LogP contribution in [-0.4, -0.2) is 21.6 Å². The fourth-order valence-corrected chi connectivity index (χ4v) is 1.93. The number of rotatable bonds is 4. The fraction of sp³-hybridized carbons (Fsp3) is 0.300. The van der Waals surface area contributed by atoms with E-state index in [1.165, 1.54) is 0 Å². The number of halogens is 2. The highest BCUT2D eigenvalue weighted by molar-refractivity contribution is 9.12. The lowest BCUT2D eigenvalue weighted by atomic mass is 10.3. The second-order valence-corrected chi connectivity index (χ2v) is 5.34. The SMILES string of the molecule is O=C(NC(S)C(Br)CBr)Oc1ccccc1. The van der Waals surface area contributed by atoms with Gasteiger partial charge in [0.05, 0.1) is 10.2 Å². The predicted octanol–water partition coefficient (Wildman–Crippen LogP) is 3.19. The van der Waals surface area contributed by atoms with E-state index in [2.05, 4.69) is 49.8 Å². The highest BCUT2D eigenvalue weighted by Gasteiger charge is 2.16. The van der Waals surface area contributed by atoms with E-state index in [1.807, 2.05) is 6.07 Å². The number of thiol groups is 1. The molecular formula is C10H11Br2NO2S. The van der Waals surface area contributed by atoms with Gasteiger partial charge in [-0.1, -0.05) is 50.1 Å². The molecule has 0 saturated heterocycles. The topological polar surface area (TPSA) is 38.3 Å². The van der Waals surface area contributed by atoms with Crippen LogP contribution in [0, 0.1) is 0 Å². The molecule has 0 fully saturated rings. The van der Waals surface area contributed by atoms with Crippen molar-refractivity contribution in [2.75, 3.05) is 5.33 Å². The maximum Gasteiger partial charge on any atom is 0.413 e. The average Bonchev–Trinajstić information content (AvgIpc) is 2.29. The summed E-state index contributed by atoms with van der Waals surface area (Å²) in [6, 6.07) is 8.87. The number of ether oxygens (including phenoxy) is 1. The van der Waals surface area contributed by atoms with Crippen molar-refractivity contribution in [2.24, 2.45) is 0 Å². The normalized spacial score (nSPS) is 13.9. The van der Waals surface area contributed by atoms with E-state index in [9.17, 15) is 4.79 Å². The molecule has 1 N–H and O–H groups in total. The van der Waals surface area contributed by atoms with Gasteiger partial charge in [0.1, 0.15) is 5.75 Å². The van der Waals surface area contributed by atoms with Crippen LogP contribution in [0.25, 0.3) is 0 Å². The van der Waals surface area contributed by atoms with E-state index in [-0.39, 0.29) is 10.2 Å². The van der Waals surface area contributed by atoms with Crippen molar-refractivity contribution < 1.29 is 9.53 Å². The van der Waals surface area contributed by atoms with Gasteiger partial charge in [-0.25, -0.2) is 4.79 Å². The largest absolute Gasteiger partial charge is 0.413 e. The number of para-hydroxylation sites is 1. The summed E-state index contributed by atoms with van der Waals surface area (Å²) in [5.74, 6) is 0.505. The van der Waals surface area contributed by atoms with Crippen molar-refractivity contribution in [3.63, 3.8) is 0 Å². The number of carbonyl (C=O) groups is 1. The van der Waals surface area contributed by atoms with E-state index in [4.69, 9.17) is 4.74 Å². The van der Waals surface area contributed by atoms with Crippen molar-refractivity contribution in [2.45, 2.75) is 10.2 Å². The van der Waals surface area contributed by atoms with Crippen LogP contribution in [0.1, 0.15) is 0 Å². The van der Waals surface area contributed by atoms with E-state index in [0.717, 1.165) is 0 Å². The Balaban J connectivity index is 2.42. The molecule has 0 bridgehead atoms. The van der Waals surface area contributed by atoms with Crippen LogP contribution in [0.3, 0.4) is 0 Å². The Morgan fingerprint density at radius 3 is 2.62 bits per heavy atom. The Morgan fingerprint density at radius 1 is 1.44 bits per heavy atom. The molecule has 6 heteroatoms. The number of amides is 1.